The van der Waals surface area contributed by atoms with Crippen molar-refractivity contribution in [1.82, 2.24) is 5.32 Å². The van der Waals surface area contributed by atoms with Crippen LogP contribution >= 0.6 is 0 Å². The molecule has 0 bridgehead atoms. The van der Waals surface area contributed by atoms with E-state index in [0.717, 1.165) is 25.7 Å². The molecule has 0 spiro atoms. The van der Waals surface area contributed by atoms with Crippen LogP contribution in [0.3, 0.4) is 0 Å². The van der Waals surface area contributed by atoms with Gasteiger partial charge in [-0.05, 0) is 51.6 Å². The molecule has 6 N–H and O–H groups in total. The van der Waals surface area contributed by atoms with Crippen LogP contribution in [0.1, 0.15) is 72.1 Å². The number of amides is 1. The molecule has 2 unspecified atom stereocenters. The number of aliphatic hydroxyl groups is 1. The number of carbonyl (C=O) groups excluding carboxylic acids is 3. The van der Waals surface area contributed by atoms with E-state index in [2.05, 4.69) is 5.32 Å². The number of ketones is 2. The molecule has 0 saturated heterocycles. The average Bonchev–Trinajstić information content (AvgIpc) is 2.69. The molecule has 1 amide bonds. The maximum absolute atomic E-state index is 13.1. The van der Waals surface area contributed by atoms with Crippen LogP contribution < -0.4 is 16.8 Å². The molecule has 4 atom stereocenters. The van der Waals surface area contributed by atoms with Crippen molar-refractivity contribution in [1.29, 1.82) is 0 Å². The molecule has 0 radical (unpaired) electrons. The van der Waals surface area contributed by atoms with E-state index in [1.807, 2.05) is 0 Å². The molecular weight excluding hydrogens is 370 g/mol. The fourth-order valence-corrected chi connectivity index (χ4v) is 4.36. The standard InChI is InChI=1S/C22H41N3O4/c1-14(2)21(28)19(10-12-24)25-22(29)18(15(3)26)13-20(27)17(9-11-23)16-7-5-4-6-8-16/h14-19,26H,4-13,23-24H2,1-3H3,(H,25,29)/t15?,17?,18-,19-/m0/s1. The van der Waals surface area contributed by atoms with E-state index in [9.17, 15) is 19.5 Å². The summed E-state index contributed by atoms with van der Waals surface area (Å²) >= 11 is 0. The van der Waals surface area contributed by atoms with Crippen molar-refractivity contribution in [3.8, 4) is 0 Å². The first kappa shape index (κ1) is 25.7. The Kier molecular flexibility index (Phi) is 11.6. The zero-order chi connectivity index (χ0) is 22.0. The number of rotatable bonds is 13. The average molecular weight is 412 g/mol. The van der Waals surface area contributed by atoms with Crippen molar-refractivity contribution >= 4 is 17.5 Å². The fraction of sp³-hybridized carbons (Fsp3) is 0.864. The first-order valence-electron chi connectivity index (χ1n) is 11.2. The fourth-order valence-electron chi connectivity index (χ4n) is 4.36. The molecule has 7 heteroatoms. The Bertz CT molecular complexity index is 530. The lowest BCUT2D eigenvalue weighted by molar-refractivity contribution is -0.137. The Labute approximate surface area is 175 Å². The Balaban J connectivity index is 2.86. The summed E-state index contributed by atoms with van der Waals surface area (Å²) in [5, 5.41) is 12.9. The van der Waals surface area contributed by atoms with Gasteiger partial charge in [-0.1, -0.05) is 33.1 Å². The van der Waals surface area contributed by atoms with E-state index in [-0.39, 0.29) is 36.4 Å². The number of hydrogen-bond donors (Lipinski definition) is 4. The summed E-state index contributed by atoms with van der Waals surface area (Å²) in [4.78, 5) is 38.3. The van der Waals surface area contributed by atoms with E-state index in [1.165, 1.54) is 13.3 Å². The van der Waals surface area contributed by atoms with Crippen LogP contribution in [-0.2, 0) is 14.4 Å². The molecule has 1 saturated carbocycles. The van der Waals surface area contributed by atoms with Gasteiger partial charge in [-0.2, -0.15) is 0 Å². The molecule has 0 aromatic carbocycles. The summed E-state index contributed by atoms with van der Waals surface area (Å²) < 4.78 is 0. The van der Waals surface area contributed by atoms with Gasteiger partial charge in [0.05, 0.1) is 18.1 Å². The highest BCUT2D eigenvalue weighted by atomic mass is 16.3. The van der Waals surface area contributed by atoms with Gasteiger partial charge in [0.15, 0.2) is 5.78 Å². The van der Waals surface area contributed by atoms with Gasteiger partial charge in [0.2, 0.25) is 5.91 Å². The van der Waals surface area contributed by atoms with Crippen LogP contribution in [0.5, 0.6) is 0 Å². The predicted octanol–water partition coefficient (Wildman–Crippen LogP) is 1.55. The molecular formula is C22H41N3O4. The van der Waals surface area contributed by atoms with Crippen molar-refractivity contribution < 1.29 is 19.5 Å². The van der Waals surface area contributed by atoms with E-state index < -0.39 is 24.0 Å². The monoisotopic (exact) mass is 411 g/mol. The number of hydrogen-bond acceptors (Lipinski definition) is 6. The molecule has 1 aliphatic carbocycles. The largest absolute Gasteiger partial charge is 0.393 e. The minimum Gasteiger partial charge on any atom is -0.393 e. The molecule has 168 valence electrons. The number of nitrogens with two attached hydrogens (primary N) is 2. The quantitative estimate of drug-likeness (QED) is 0.363. The Morgan fingerprint density at radius 1 is 1.00 bits per heavy atom. The highest BCUT2D eigenvalue weighted by Gasteiger charge is 2.35. The van der Waals surface area contributed by atoms with Crippen molar-refractivity contribution in [2.45, 2.75) is 84.3 Å². The number of nitrogens with one attached hydrogen (secondary N) is 1. The van der Waals surface area contributed by atoms with Gasteiger partial charge in [0.25, 0.3) is 0 Å². The summed E-state index contributed by atoms with van der Waals surface area (Å²) in [6.07, 6.45) is 5.40. The summed E-state index contributed by atoms with van der Waals surface area (Å²) in [5.41, 5.74) is 11.4. The molecule has 0 aliphatic heterocycles. The summed E-state index contributed by atoms with van der Waals surface area (Å²) in [7, 11) is 0. The summed E-state index contributed by atoms with van der Waals surface area (Å²) in [5.74, 6) is -1.53. The van der Waals surface area contributed by atoms with Gasteiger partial charge in [0, 0.05) is 18.3 Å². The normalized spacial score (nSPS) is 19.4. The first-order chi connectivity index (χ1) is 13.7. The van der Waals surface area contributed by atoms with E-state index in [0.29, 0.717) is 25.3 Å². The van der Waals surface area contributed by atoms with Crippen molar-refractivity contribution in [2.75, 3.05) is 13.1 Å². The van der Waals surface area contributed by atoms with E-state index >= 15 is 0 Å². The second kappa shape index (κ2) is 13.1. The van der Waals surface area contributed by atoms with E-state index in [1.54, 1.807) is 13.8 Å². The van der Waals surface area contributed by atoms with Gasteiger partial charge in [-0.3, -0.25) is 14.4 Å². The highest BCUT2D eigenvalue weighted by molar-refractivity contribution is 5.93. The number of aliphatic hydroxyl groups excluding tert-OH is 1. The smallest absolute Gasteiger partial charge is 0.226 e. The minimum atomic E-state index is -0.989. The molecule has 1 rings (SSSR count). The first-order valence-corrected chi connectivity index (χ1v) is 11.2. The number of carbonyl (C=O) groups is 3. The summed E-state index contributed by atoms with van der Waals surface area (Å²) in [6.45, 7) is 5.75. The molecule has 29 heavy (non-hydrogen) atoms. The van der Waals surface area contributed by atoms with Crippen LogP contribution in [0.15, 0.2) is 0 Å². The molecule has 0 aromatic rings. The van der Waals surface area contributed by atoms with Crippen molar-refractivity contribution in [2.24, 2.45) is 35.1 Å². The highest BCUT2D eigenvalue weighted by Crippen LogP contribution is 2.33. The third-order valence-corrected chi connectivity index (χ3v) is 6.13. The van der Waals surface area contributed by atoms with Gasteiger partial charge < -0.3 is 21.9 Å². The lowest BCUT2D eigenvalue weighted by Crippen LogP contribution is -2.48. The van der Waals surface area contributed by atoms with Crippen molar-refractivity contribution in [3.05, 3.63) is 0 Å². The van der Waals surface area contributed by atoms with Gasteiger partial charge in [-0.25, -0.2) is 0 Å². The van der Waals surface area contributed by atoms with Crippen LogP contribution in [-0.4, -0.2) is 47.8 Å². The lowest BCUT2D eigenvalue weighted by Gasteiger charge is -2.31. The van der Waals surface area contributed by atoms with Crippen LogP contribution in [0.25, 0.3) is 0 Å². The predicted molar refractivity (Wildman–Crippen MR) is 114 cm³/mol. The van der Waals surface area contributed by atoms with Crippen LogP contribution in [0.2, 0.25) is 0 Å². The molecule has 1 aliphatic rings. The Morgan fingerprint density at radius 3 is 2.07 bits per heavy atom. The maximum Gasteiger partial charge on any atom is 0.226 e. The second-order valence-electron chi connectivity index (χ2n) is 8.80. The van der Waals surface area contributed by atoms with Gasteiger partial charge in [-0.15, -0.1) is 0 Å². The Hall–Kier alpha value is -1.31. The molecule has 0 heterocycles. The second-order valence-corrected chi connectivity index (χ2v) is 8.80. The van der Waals surface area contributed by atoms with Crippen LogP contribution in [0, 0.1) is 23.7 Å². The topological polar surface area (TPSA) is 136 Å². The van der Waals surface area contributed by atoms with Crippen molar-refractivity contribution in [3.63, 3.8) is 0 Å². The molecule has 1 fully saturated rings. The number of Topliss-reactive ketones (excluding diaryl/α,β-unsaturated/α-hetero) is 2. The lowest BCUT2D eigenvalue weighted by atomic mass is 9.74. The third kappa shape index (κ3) is 8.15. The summed E-state index contributed by atoms with van der Waals surface area (Å²) in [6, 6.07) is -0.693. The molecule has 0 aromatic heterocycles. The van der Waals surface area contributed by atoms with Gasteiger partial charge >= 0.3 is 0 Å². The van der Waals surface area contributed by atoms with E-state index in [4.69, 9.17) is 11.5 Å². The zero-order valence-electron chi connectivity index (χ0n) is 18.4. The van der Waals surface area contributed by atoms with Gasteiger partial charge in [0.1, 0.15) is 5.78 Å². The van der Waals surface area contributed by atoms with Crippen LogP contribution in [0.4, 0.5) is 0 Å². The molecule has 7 nitrogen and oxygen atoms in total. The SMILES string of the molecule is CC(C)C(=O)[C@H](CCN)NC(=O)[C@@H](CC(=O)C(CCN)C1CCCCC1)C(C)O. The maximum atomic E-state index is 13.1. The zero-order valence-corrected chi connectivity index (χ0v) is 18.4. The third-order valence-electron chi connectivity index (χ3n) is 6.13. The Morgan fingerprint density at radius 2 is 1.59 bits per heavy atom. The minimum absolute atomic E-state index is 0.00559.